The summed E-state index contributed by atoms with van der Waals surface area (Å²) >= 11 is 0. The van der Waals surface area contributed by atoms with Crippen LogP contribution in [0, 0.1) is 5.92 Å². The van der Waals surface area contributed by atoms with Gasteiger partial charge < -0.3 is 20.6 Å². The lowest BCUT2D eigenvalue weighted by molar-refractivity contribution is -0.141. The van der Waals surface area contributed by atoms with E-state index in [1.807, 2.05) is 6.92 Å². The number of carboxylic acids is 1. The van der Waals surface area contributed by atoms with Crippen molar-refractivity contribution >= 4 is 17.9 Å². The Morgan fingerprint density at radius 1 is 1.20 bits per heavy atom. The van der Waals surface area contributed by atoms with Crippen LogP contribution in [-0.2, 0) is 9.59 Å². The Morgan fingerprint density at radius 2 is 1.85 bits per heavy atom. The second-order valence-electron chi connectivity index (χ2n) is 4.82. The first kappa shape index (κ1) is 18.2. The number of carbonyl (C=O) groups excluding carboxylic acids is 2. The molecule has 0 aromatic rings. The Labute approximate surface area is 119 Å². The standard InChI is InChI=1S/C13H25N3O4/c1-4-7-14-11(17)9-16(3)13(20)15-8-5-6-10(2)12(18)19/h10H,4-9H2,1-3H3,(H,14,17)(H,15,20)(H,18,19). The second-order valence-corrected chi connectivity index (χ2v) is 4.82. The second kappa shape index (κ2) is 10.1. The molecule has 20 heavy (non-hydrogen) atoms. The molecule has 0 aliphatic rings. The lowest BCUT2D eigenvalue weighted by atomic mass is 10.1. The highest BCUT2D eigenvalue weighted by molar-refractivity contribution is 5.83. The number of carbonyl (C=O) groups is 3. The van der Waals surface area contributed by atoms with Crippen molar-refractivity contribution in [1.29, 1.82) is 0 Å². The van der Waals surface area contributed by atoms with Gasteiger partial charge in [-0.3, -0.25) is 9.59 Å². The Morgan fingerprint density at radius 3 is 2.40 bits per heavy atom. The molecule has 0 heterocycles. The highest BCUT2D eigenvalue weighted by Crippen LogP contribution is 2.04. The molecule has 0 aromatic carbocycles. The number of hydrogen-bond acceptors (Lipinski definition) is 3. The molecule has 0 fully saturated rings. The third kappa shape index (κ3) is 8.34. The summed E-state index contributed by atoms with van der Waals surface area (Å²) in [5.41, 5.74) is 0. The van der Waals surface area contributed by atoms with Crippen LogP contribution in [0.2, 0.25) is 0 Å². The van der Waals surface area contributed by atoms with Crippen molar-refractivity contribution in [1.82, 2.24) is 15.5 Å². The summed E-state index contributed by atoms with van der Waals surface area (Å²) in [6.07, 6.45) is 1.95. The number of likely N-dealkylation sites (N-methyl/N-ethyl adjacent to an activating group) is 1. The Balaban J connectivity index is 3.80. The molecule has 116 valence electrons. The maximum atomic E-state index is 11.6. The van der Waals surface area contributed by atoms with Gasteiger partial charge in [-0.05, 0) is 19.3 Å². The SMILES string of the molecule is CCCNC(=O)CN(C)C(=O)NCCCC(C)C(=O)O. The van der Waals surface area contributed by atoms with Crippen molar-refractivity contribution in [3.8, 4) is 0 Å². The minimum absolute atomic E-state index is 0.0113. The predicted molar refractivity (Wildman–Crippen MR) is 75.4 cm³/mol. The molecule has 7 nitrogen and oxygen atoms in total. The third-order valence-electron chi connectivity index (χ3n) is 2.81. The van der Waals surface area contributed by atoms with Crippen molar-refractivity contribution in [2.24, 2.45) is 5.92 Å². The van der Waals surface area contributed by atoms with Crippen LogP contribution in [0.25, 0.3) is 0 Å². The van der Waals surface area contributed by atoms with Gasteiger partial charge in [-0.2, -0.15) is 0 Å². The normalized spacial score (nSPS) is 11.6. The van der Waals surface area contributed by atoms with Crippen molar-refractivity contribution in [2.45, 2.75) is 33.1 Å². The molecule has 3 N–H and O–H groups in total. The average Bonchev–Trinajstić information content (AvgIpc) is 2.40. The van der Waals surface area contributed by atoms with E-state index in [2.05, 4.69) is 10.6 Å². The first-order chi connectivity index (χ1) is 9.38. The largest absolute Gasteiger partial charge is 0.481 e. The molecule has 0 radical (unpaired) electrons. The summed E-state index contributed by atoms with van der Waals surface area (Å²) in [7, 11) is 1.54. The minimum Gasteiger partial charge on any atom is -0.481 e. The zero-order valence-electron chi connectivity index (χ0n) is 12.4. The average molecular weight is 287 g/mol. The van der Waals surface area contributed by atoms with Gasteiger partial charge in [0.05, 0.1) is 5.92 Å². The number of nitrogens with zero attached hydrogens (tertiary/aromatic N) is 1. The fourth-order valence-corrected chi connectivity index (χ4v) is 1.47. The van der Waals surface area contributed by atoms with E-state index in [-0.39, 0.29) is 18.5 Å². The quantitative estimate of drug-likeness (QED) is 0.542. The topological polar surface area (TPSA) is 98.7 Å². The van der Waals surface area contributed by atoms with E-state index in [0.717, 1.165) is 6.42 Å². The number of aliphatic carboxylic acids is 1. The smallest absolute Gasteiger partial charge is 0.317 e. The van der Waals surface area contributed by atoms with Crippen molar-refractivity contribution < 1.29 is 19.5 Å². The molecule has 0 aliphatic carbocycles. The van der Waals surface area contributed by atoms with E-state index < -0.39 is 11.9 Å². The van der Waals surface area contributed by atoms with Gasteiger partial charge in [0.2, 0.25) is 5.91 Å². The van der Waals surface area contributed by atoms with E-state index in [4.69, 9.17) is 5.11 Å². The maximum absolute atomic E-state index is 11.6. The van der Waals surface area contributed by atoms with Gasteiger partial charge in [-0.15, -0.1) is 0 Å². The highest BCUT2D eigenvalue weighted by Gasteiger charge is 2.13. The van der Waals surface area contributed by atoms with Gasteiger partial charge >= 0.3 is 12.0 Å². The first-order valence-corrected chi connectivity index (χ1v) is 6.87. The van der Waals surface area contributed by atoms with Crippen LogP contribution in [0.4, 0.5) is 4.79 Å². The van der Waals surface area contributed by atoms with Crippen LogP contribution < -0.4 is 10.6 Å². The van der Waals surface area contributed by atoms with Crippen LogP contribution >= 0.6 is 0 Å². The van der Waals surface area contributed by atoms with Crippen LogP contribution in [-0.4, -0.2) is 54.6 Å². The Kier molecular flexibility index (Phi) is 9.15. The molecule has 1 atom stereocenters. The monoisotopic (exact) mass is 287 g/mol. The zero-order valence-corrected chi connectivity index (χ0v) is 12.4. The van der Waals surface area contributed by atoms with E-state index in [1.54, 1.807) is 14.0 Å². The van der Waals surface area contributed by atoms with E-state index in [9.17, 15) is 14.4 Å². The fraction of sp³-hybridized carbons (Fsp3) is 0.769. The van der Waals surface area contributed by atoms with Gasteiger partial charge in [-0.25, -0.2) is 4.79 Å². The molecule has 7 heteroatoms. The predicted octanol–water partition coefficient (Wildman–Crippen LogP) is 0.655. The van der Waals surface area contributed by atoms with Crippen molar-refractivity contribution in [2.75, 3.05) is 26.7 Å². The molecule has 0 rings (SSSR count). The molecule has 0 saturated heterocycles. The molecular formula is C13H25N3O4. The summed E-state index contributed by atoms with van der Waals surface area (Å²) in [5.74, 6) is -1.44. The van der Waals surface area contributed by atoms with E-state index in [0.29, 0.717) is 25.9 Å². The first-order valence-electron chi connectivity index (χ1n) is 6.87. The number of hydrogen-bond donors (Lipinski definition) is 3. The Hall–Kier alpha value is -1.79. The summed E-state index contributed by atoms with van der Waals surface area (Å²) < 4.78 is 0. The molecular weight excluding hydrogens is 262 g/mol. The number of amides is 3. The zero-order chi connectivity index (χ0) is 15.5. The van der Waals surface area contributed by atoms with Gasteiger partial charge in [-0.1, -0.05) is 13.8 Å². The molecule has 0 spiro atoms. The number of urea groups is 1. The molecule has 0 aromatic heterocycles. The van der Waals surface area contributed by atoms with Crippen molar-refractivity contribution in [3.05, 3.63) is 0 Å². The summed E-state index contributed by atoms with van der Waals surface area (Å²) in [4.78, 5) is 35.0. The molecule has 1 unspecified atom stereocenters. The summed E-state index contributed by atoms with van der Waals surface area (Å²) in [6.45, 7) is 4.60. The number of rotatable bonds is 9. The highest BCUT2D eigenvalue weighted by atomic mass is 16.4. The van der Waals surface area contributed by atoms with Gasteiger partial charge in [0, 0.05) is 20.1 Å². The maximum Gasteiger partial charge on any atom is 0.317 e. The van der Waals surface area contributed by atoms with E-state index >= 15 is 0 Å². The fourth-order valence-electron chi connectivity index (χ4n) is 1.47. The third-order valence-corrected chi connectivity index (χ3v) is 2.81. The van der Waals surface area contributed by atoms with E-state index in [1.165, 1.54) is 4.90 Å². The van der Waals surface area contributed by atoms with Crippen LogP contribution in [0.3, 0.4) is 0 Å². The lowest BCUT2D eigenvalue weighted by Gasteiger charge is -2.17. The molecule has 0 bridgehead atoms. The number of nitrogens with one attached hydrogen (secondary N) is 2. The van der Waals surface area contributed by atoms with Crippen molar-refractivity contribution in [3.63, 3.8) is 0 Å². The van der Waals surface area contributed by atoms with Gasteiger partial charge in [0.25, 0.3) is 0 Å². The van der Waals surface area contributed by atoms with Crippen LogP contribution in [0.1, 0.15) is 33.1 Å². The number of carboxylic acid groups (broad SMARTS) is 1. The van der Waals surface area contributed by atoms with Crippen LogP contribution in [0.15, 0.2) is 0 Å². The summed E-state index contributed by atoms with van der Waals surface area (Å²) in [5, 5.41) is 14.0. The Bertz CT molecular complexity index is 334. The van der Waals surface area contributed by atoms with Gasteiger partial charge in [0.15, 0.2) is 0 Å². The van der Waals surface area contributed by atoms with Gasteiger partial charge in [0.1, 0.15) is 6.54 Å². The van der Waals surface area contributed by atoms with Crippen LogP contribution in [0.5, 0.6) is 0 Å². The minimum atomic E-state index is -0.832. The molecule has 0 saturated carbocycles. The molecule has 3 amide bonds. The lowest BCUT2D eigenvalue weighted by Crippen LogP contribution is -2.43. The molecule has 0 aliphatic heterocycles. The summed E-state index contributed by atoms with van der Waals surface area (Å²) in [6, 6.07) is -0.334.